The second kappa shape index (κ2) is 7.61. The van der Waals surface area contributed by atoms with E-state index in [0.717, 1.165) is 40.1 Å². The van der Waals surface area contributed by atoms with E-state index in [-0.39, 0.29) is 23.6 Å². The number of amides is 1. The number of hydrogen-bond donors (Lipinski definition) is 1. The monoisotopic (exact) mass is 408 g/mol. The Kier molecular flexibility index (Phi) is 4.81. The summed E-state index contributed by atoms with van der Waals surface area (Å²) in [5.74, 6) is 1.55. The predicted octanol–water partition coefficient (Wildman–Crippen LogP) is 1.95. The van der Waals surface area contributed by atoms with Crippen molar-refractivity contribution < 1.29 is 9.53 Å². The number of benzene rings is 1. The van der Waals surface area contributed by atoms with E-state index >= 15 is 0 Å². The predicted molar refractivity (Wildman–Crippen MR) is 111 cm³/mol. The van der Waals surface area contributed by atoms with Crippen LogP contribution in [0.4, 0.5) is 0 Å². The second-order valence-electron chi connectivity index (χ2n) is 7.28. The highest BCUT2D eigenvalue weighted by molar-refractivity contribution is 7.98. The van der Waals surface area contributed by atoms with E-state index in [1.807, 2.05) is 42.1 Å². The molecule has 1 aromatic carbocycles. The second-order valence-corrected chi connectivity index (χ2v) is 8.38. The molecule has 0 radical (unpaired) electrons. The van der Waals surface area contributed by atoms with Crippen molar-refractivity contribution >= 4 is 28.6 Å². The molecule has 0 spiro atoms. The van der Waals surface area contributed by atoms with Gasteiger partial charge >= 0.3 is 0 Å². The first-order chi connectivity index (χ1) is 14.2. The number of nitrogens with one attached hydrogen (secondary N) is 1. The number of aryl methyl sites for hydroxylation is 1. The smallest absolute Gasteiger partial charge is 0.270 e. The summed E-state index contributed by atoms with van der Waals surface area (Å²) in [6.07, 6.45) is 0.853. The Bertz CT molecular complexity index is 1150. The zero-order valence-electron chi connectivity index (χ0n) is 15.7. The number of carbonyl (C=O) groups excluding carboxylic acids is 1. The topological polar surface area (TPSA) is 86.1 Å². The Morgan fingerprint density at radius 2 is 2.10 bits per heavy atom. The van der Waals surface area contributed by atoms with Crippen molar-refractivity contribution in [2.75, 3.05) is 19.0 Å². The standard InChI is InChI=1S/C21H20N4O3S/c26-20-9-14-12-29-8-7-16(14)24-25(20)19-11-28-10-18(19)23-21(27)17-6-5-13-3-1-2-4-15(13)22-17/h1-6,9,18-19H,7-8,10-12H2,(H,23,27). The molecule has 2 aliphatic heterocycles. The van der Waals surface area contributed by atoms with Crippen LogP contribution in [-0.2, 0) is 16.9 Å². The summed E-state index contributed by atoms with van der Waals surface area (Å²) in [6, 6.07) is 12.3. The van der Waals surface area contributed by atoms with Crippen molar-refractivity contribution in [2.45, 2.75) is 24.3 Å². The van der Waals surface area contributed by atoms with E-state index in [4.69, 9.17) is 4.74 Å². The van der Waals surface area contributed by atoms with Crippen molar-refractivity contribution in [1.82, 2.24) is 20.1 Å². The van der Waals surface area contributed by atoms with Crippen LogP contribution in [0.5, 0.6) is 0 Å². The van der Waals surface area contributed by atoms with Crippen LogP contribution in [-0.4, -0.2) is 45.7 Å². The number of pyridine rings is 1. The summed E-state index contributed by atoms with van der Waals surface area (Å²) in [4.78, 5) is 29.9. The Balaban J connectivity index is 1.39. The number of rotatable bonds is 3. The normalized spacial score (nSPS) is 21.1. The largest absolute Gasteiger partial charge is 0.377 e. The fourth-order valence-electron chi connectivity index (χ4n) is 3.82. The van der Waals surface area contributed by atoms with Crippen LogP contribution in [0.1, 0.15) is 27.8 Å². The summed E-state index contributed by atoms with van der Waals surface area (Å²) in [5.41, 5.74) is 2.95. The molecule has 29 heavy (non-hydrogen) atoms. The number of nitrogens with zero attached hydrogens (tertiary/aromatic N) is 3. The fraction of sp³-hybridized carbons (Fsp3) is 0.333. The lowest BCUT2D eigenvalue weighted by Crippen LogP contribution is -2.44. The van der Waals surface area contributed by atoms with Gasteiger partial charge < -0.3 is 10.1 Å². The van der Waals surface area contributed by atoms with Gasteiger partial charge in [-0.3, -0.25) is 9.59 Å². The van der Waals surface area contributed by atoms with Gasteiger partial charge in [0.25, 0.3) is 11.5 Å². The molecule has 0 saturated carbocycles. The lowest BCUT2D eigenvalue weighted by molar-refractivity contribution is 0.0920. The molecular formula is C21H20N4O3S. The average molecular weight is 408 g/mol. The maximum atomic E-state index is 12.8. The SMILES string of the molecule is O=C(NC1COCC1n1nc2c(cc1=O)CSCC2)c1ccc2ccccc2n1. The maximum Gasteiger partial charge on any atom is 0.270 e. The highest BCUT2D eigenvalue weighted by atomic mass is 32.2. The molecule has 2 aromatic heterocycles. The van der Waals surface area contributed by atoms with Crippen LogP contribution >= 0.6 is 11.8 Å². The summed E-state index contributed by atoms with van der Waals surface area (Å²) in [6.45, 7) is 0.682. The van der Waals surface area contributed by atoms with Crippen molar-refractivity contribution in [3.8, 4) is 0 Å². The van der Waals surface area contributed by atoms with E-state index in [1.54, 1.807) is 12.1 Å². The van der Waals surface area contributed by atoms with Crippen LogP contribution in [0.15, 0.2) is 47.3 Å². The summed E-state index contributed by atoms with van der Waals surface area (Å²) in [5, 5.41) is 8.58. The zero-order chi connectivity index (χ0) is 19.8. The van der Waals surface area contributed by atoms with Gasteiger partial charge in [-0.2, -0.15) is 16.9 Å². The third-order valence-electron chi connectivity index (χ3n) is 5.38. The summed E-state index contributed by atoms with van der Waals surface area (Å²) < 4.78 is 7.08. The van der Waals surface area contributed by atoms with Crippen LogP contribution in [0.2, 0.25) is 0 Å². The fourth-order valence-corrected chi connectivity index (χ4v) is 4.77. The summed E-state index contributed by atoms with van der Waals surface area (Å²) >= 11 is 1.81. The van der Waals surface area contributed by atoms with Crippen LogP contribution in [0, 0.1) is 0 Å². The van der Waals surface area contributed by atoms with Gasteiger partial charge in [0.05, 0.1) is 30.5 Å². The Morgan fingerprint density at radius 3 is 3.03 bits per heavy atom. The highest BCUT2D eigenvalue weighted by Crippen LogP contribution is 2.24. The third-order valence-corrected chi connectivity index (χ3v) is 6.38. The number of thioether (sulfide) groups is 1. The van der Waals surface area contributed by atoms with Crippen molar-refractivity contribution in [3.05, 3.63) is 69.8 Å². The van der Waals surface area contributed by atoms with E-state index in [1.165, 1.54) is 4.68 Å². The van der Waals surface area contributed by atoms with Gasteiger partial charge in [-0.1, -0.05) is 24.3 Å². The average Bonchev–Trinajstić information content (AvgIpc) is 3.20. The Morgan fingerprint density at radius 1 is 1.21 bits per heavy atom. The van der Waals surface area contributed by atoms with Crippen molar-refractivity contribution in [2.24, 2.45) is 0 Å². The molecule has 7 nitrogen and oxygen atoms in total. The molecule has 0 bridgehead atoms. The minimum atomic E-state index is -0.336. The number of ether oxygens (including phenoxy) is 1. The van der Waals surface area contributed by atoms with Gasteiger partial charge in [0.2, 0.25) is 0 Å². The van der Waals surface area contributed by atoms with E-state index in [2.05, 4.69) is 15.4 Å². The lowest BCUT2D eigenvalue weighted by Gasteiger charge is -2.22. The molecule has 1 fully saturated rings. The number of aromatic nitrogens is 3. The van der Waals surface area contributed by atoms with Crippen LogP contribution in [0.25, 0.3) is 10.9 Å². The first kappa shape index (κ1) is 18.3. The molecule has 1 N–H and O–H groups in total. The molecule has 0 aliphatic carbocycles. The Labute approximate surface area is 171 Å². The molecule has 1 saturated heterocycles. The van der Waals surface area contributed by atoms with Crippen LogP contribution in [0.3, 0.4) is 0 Å². The molecule has 148 valence electrons. The molecular weight excluding hydrogens is 388 g/mol. The number of hydrogen-bond acceptors (Lipinski definition) is 6. The first-order valence-corrected chi connectivity index (χ1v) is 10.8. The van der Waals surface area contributed by atoms with Gasteiger partial charge in [0, 0.05) is 23.6 Å². The van der Waals surface area contributed by atoms with Crippen LogP contribution < -0.4 is 10.9 Å². The minimum absolute atomic E-state index is 0.148. The quantitative estimate of drug-likeness (QED) is 0.713. The molecule has 5 rings (SSSR count). The molecule has 2 aliphatic rings. The molecule has 2 atom stereocenters. The molecule has 3 aromatic rings. The Hall–Kier alpha value is -2.71. The van der Waals surface area contributed by atoms with E-state index < -0.39 is 0 Å². The maximum absolute atomic E-state index is 12.8. The number of fused-ring (bicyclic) bond motifs is 2. The van der Waals surface area contributed by atoms with E-state index in [9.17, 15) is 9.59 Å². The van der Waals surface area contributed by atoms with Crippen molar-refractivity contribution in [3.63, 3.8) is 0 Å². The number of para-hydroxylation sites is 1. The first-order valence-electron chi connectivity index (χ1n) is 9.63. The van der Waals surface area contributed by atoms with Gasteiger partial charge in [0.1, 0.15) is 11.7 Å². The van der Waals surface area contributed by atoms with Gasteiger partial charge in [-0.15, -0.1) is 0 Å². The molecule has 1 amide bonds. The van der Waals surface area contributed by atoms with Gasteiger partial charge in [0.15, 0.2) is 0 Å². The number of carbonyl (C=O) groups is 1. The van der Waals surface area contributed by atoms with Gasteiger partial charge in [-0.05, 0) is 23.4 Å². The molecule has 4 heterocycles. The zero-order valence-corrected chi connectivity index (χ0v) is 16.5. The highest BCUT2D eigenvalue weighted by Gasteiger charge is 2.33. The minimum Gasteiger partial charge on any atom is -0.377 e. The third kappa shape index (κ3) is 3.54. The van der Waals surface area contributed by atoms with Gasteiger partial charge in [-0.25, -0.2) is 9.67 Å². The van der Waals surface area contributed by atoms with E-state index in [0.29, 0.717) is 18.9 Å². The molecule has 8 heteroatoms. The summed E-state index contributed by atoms with van der Waals surface area (Å²) in [7, 11) is 0. The molecule has 2 unspecified atom stereocenters. The lowest BCUT2D eigenvalue weighted by atomic mass is 10.1. The van der Waals surface area contributed by atoms with Crippen molar-refractivity contribution in [1.29, 1.82) is 0 Å².